The van der Waals surface area contributed by atoms with E-state index in [0.29, 0.717) is 5.69 Å². The molecular weight excluding hydrogens is 553 g/mol. The number of allylic oxidation sites excluding steroid dienone is 1. The van der Waals surface area contributed by atoms with Gasteiger partial charge >= 0.3 is 12.2 Å². The monoisotopic (exact) mass is 572 g/mol. The molecule has 9 nitrogen and oxygen atoms in total. The smallest absolute Gasteiger partial charge is 0.326 e. The first-order valence-electron chi connectivity index (χ1n) is 11.2. The zero-order valence-electron chi connectivity index (χ0n) is 20.4. The molecule has 0 aliphatic carbocycles. The molecule has 3 aromatic rings. The molecule has 0 saturated heterocycles. The molecule has 1 unspecified atom stereocenters. The second-order valence-corrected chi connectivity index (χ2v) is 11.2. The minimum absolute atomic E-state index is 0.00361. The van der Waals surface area contributed by atoms with Crippen LogP contribution in [0.1, 0.15) is 40.4 Å². The number of rotatable bonds is 6. The molecule has 0 saturated carbocycles. The zero-order chi connectivity index (χ0) is 28.5. The highest BCUT2D eigenvalue weighted by atomic mass is 32.2. The van der Waals surface area contributed by atoms with E-state index in [9.17, 15) is 36.9 Å². The van der Waals surface area contributed by atoms with Crippen molar-refractivity contribution in [2.24, 2.45) is 0 Å². The molecule has 2 N–H and O–H groups in total. The lowest BCUT2D eigenvalue weighted by molar-refractivity contribution is -0.137. The average molecular weight is 573 g/mol. The van der Waals surface area contributed by atoms with Crippen molar-refractivity contribution in [3.05, 3.63) is 86.5 Å². The largest absolute Gasteiger partial charge is 0.416 e. The molecule has 2 amide bonds. The van der Waals surface area contributed by atoms with Crippen molar-refractivity contribution in [3.63, 3.8) is 0 Å². The van der Waals surface area contributed by atoms with Crippen molar-refractivity contribution in [1.29, 1.82) is 10.5 Å². The molecule has 1 aliphatic rings. The number of nitrogens with one attached hydrogen (secondary N) is 2. The Morgan fingerprint density at radius 2 is 1.90 bits per heavy atom. The predicted molar refractivity (Wildman–Crippen MR) is 136 cm³/mol. The first-order chi connectivity index (χ1) is 18.4. The van der Waals surface area contributed by atoms with E-state index in [1.54, 1.807) is 12.3 Å². The number of sulfonamides is 1. The summed E-state index contributed by atoms with van der Waals surface area (Å²) < 4.78 is 68.9. The number of hydrogen-bond acceptors (Lipinski definition) is 7. The number of aromatic nitrogens is 1. The van der Waals surface area contributed by atoms with Gasteiger partial charge in [0.05, 0.1) is 62.7 Å². The standard InChI is InChI=1S/C25H19F3N6O3S2/c1-14-21(11-30)23(33-24(35)34(14)19-5-3-4-17(9-19)25(26,27)28)20-7-6-16(10-29)8-22(20)39(36,37)31-12-18-13-38-15(2)32-18/h3-9,13,23,31H,12H2,1-2H3,(H,33,35). The van der Waals surface area contributed by atoms with Crippen LogP contribution in [0.3, 0.4) is 0 Å². The van der Waals surface area contributed by atoms with Crippen molar-refractivity contribution in [1.82, 2.24) is 15.0 Å². The van der Waals surface area contributed by atoms with Crippen LogP contribution >= 0.6 is 11.3 Å². The van der Waals surface area contributed by atoms with Crippen molar-refractivity contribution in [2.45, 2.75) is 37.5 Å². The molecule has 2 aromatic carbocycles. The highest BCUT2D eigenvalue weighted by molar-refractivity contribution is 7.89. The number of thiazole rings is 1. The molecule has 0 bridgehead atoms. The normalized spacial score (nSPS) is 16.0. The lowest BCUT2D eigenvalue weighted by Gasteiger charge is -2.34. The predicted octanol–water partition coefficient (Wildman–Crippen LogP) is 4.89. The van der Waals surface area contributed by atoms with E-state index >= 15 is 0 Å². The van der Waals surface area contributed by atoms with Gasteiger partial charge in [-0.2, -0.15) is 23.7 Å². The second kappa shape index (κ2) is 10.5. The van der Waals surface area contributed by atoms with Gasteiger partial charge in [-0.05, 0) is 49.7 Å². The number of alkyl halides is 3. The van der Waals surface area contributed by atoms with Crippen LogP contribution in [0.5, 0.6) is 0 Å². The number of nitrogens with zero attached hydrogens (tertiary/aromatic N) is 4. The number of amides is 2. The number of aryl methyl sites for hydroxylation is 1. The third kappa shape index (κ3) is 5.63. The van der Waals surface area contributed by atoms with Gasteiger partial charge in [0.1, 0.15) is 0 Å². The zero-order valence-corrected chi connectivity index (χ0v) is 22.0. The van der Waals surface area contributed by atoms with Crippen molar-refractivity contribution < 1.29 is 26.4 Å². The maximum absolute atomic E-state index is 13.3. The van der Waals surface area contributed by atoms with Gasteiger partial charge in [0.25, 0.3) is 0 Å². The second-order valence-electron chi connectivity index (χ2n) is 8.42. The molecule has 200 valence electrons. The van der Waals surface area contributed by atoms with Crippen LogP contribution in [0.4, 0.5) is 23.7 Å². The molecule has 0 fully saturated rings. The Morgan fingerprint density at radius 1 is 1.15 bits per heavy atom. The molecule has 0 radical (unpaired) electrons. The van der Waals surface area contributed by atoms with Gasteiger partial charge in [0.15, 0.2) is 0 Å². The summed E-state index contributed by atoms with van der Waals surface area (Å²) >= 11 is 1.34. The minimum Gasteiger partial charge on any atom is -0.326 e. The third-order valence-corrected chi connectivity index (χ3v) is 8.17. The lowest BCUT2D eigenvalue weighted by atomic mass is 9.94. The van der Waals surface area contributed by atoms with E-state index in [2.05, 4.69) is 15.0 Å². The Bertz CT molecular complexity index is 1680. The summed E-state index contributed by atoms with van der Waals surface area (Å²) in [4.78, 5) is 18.0. The molecule has 1 aromatic heterocycles. The lowest BCUT2D eigenvalue weighted by Crippen LogP contribution is -2.47. The molecule has 39 heavy (non-hydrogen) atoms. The fourth-order valence-electron chi connectivity index (χ4n) is 4.06. The fraction of sp³-hybridized carbons (Fsp3) is 0.200. The average Bonchev–Trinajstić information content (AvgIpc) is 3.31. The van der Waals surface area contributed by atoms with E-state index < -0.39 is 33.8 Å². The molecule has 4 rings (SSSR count). The van der Waals surface area contributed by atoms with Crippen LogP contribution < -0.4 is 14.9 Å². The number of urea groups is 1. The van der Waals surface area contributed by atoms with Crippen LogP contribution in [0, 0.1) is 29.6 Å². The van der Waals surface area contributed by atoms with Gasteiger partial charge in [-0.15, -0.1) is 11.3 Å². The molecule has 0 spiro atoms. The highest BCUT2D eigenvalue weighted by Gasteiger charge is 2.37. The van der Waals surface area contributed by atoms with Crippen LogP contribution in [0.2, 0.25) is 0 Å². The van der Waals surface area contributed by atoms with Gasteiger partial charge in [0.2, 0.25) is 10.0 Å². The Hall–Kier alpha value is -4.24. The number of carbonyl (C=O) groups excluding carboxylic acids is 1. The van der Waals surface area contributed by atoms with Crippen molar-refractivity contribution in [2.75, 3.05) is 4.90 Å². The summed E-state index contributed by atoms with van der Waals surface area (Å²) in [6.45, 7) is 3.01. The van der Waals surface area contributed by atoms with E-state index in [1.807, 2.05) is 12.1 Å². The summed E-state index contributed by atoms with van der Waals surface area (Å²) in [5, 5.41) is 24.3. The quantitative estimate of drug-likeness (QED) is 0.431. The van der Waals surface area contributed by atoms with Gasteiger partial charge in [-0.1, -0.05) is 12.1 Å². The fourth-order valence-corrected chi connectivity index (χ4v) is 5.95. The number of benzene rings is 2. The van der Waals surface area contributed by atoms with Crippen LogP contribution in [-0.2, 0) is 22.7 Å². The van der Waals surface area contributed by atoms with E-state index in [-0.39, 0.29) is 39.5 Å². The summed E-state index contributed by atoms with van der Waals surface area (Å²) in [5.41, 5.74) is -0.677. The van der Waals surface area contributed by atoms with Crippen LogP contribution in [0.15, 0.2) is 64.0 Å². The number of hydrogen-bond donors (Lipinski definition) is 2. The number of nitriles is 2. The summed E-state index contributed by atoms with van der Waals surface area (Å²) in [7, 11) is -4.27. The summed E-state index contributed by atoms with van der Waals surface area (Å²) in [5.74, 6) is 0. The molecule has 1 atom stereocenters. The maximum Gasteiger partial charge on any atom is 0.416 e. The van der Waals surface area contributed by atoms with Crippen LogP contribution in [0.25, 0.3) is 0 Å². The highest BCUT2D eigenvalue weighted by Crippen LogP contribution is 2.38. The Balaban J connectivity index is 1.78. The SMILES string of the molecule is CC1=C(C#N)C(c2ccc(C#N)cc2S(=O)(=O)NCc2csc(C)n2)NC(=O)N1c1cccc(C(F)(F)F)c1. The first-order valence-corrected chi connectivity index (χ1v) is 13.6. The van der Waals surface area contributed by atoms with Gasteiger partial charge in [-0.25, -0.2) is 22.9 Å². The Kier molecular flexibility index (Phi) is 7.48. The van der Waals surface area contributed by atoms with E-state index in [1.165, 1.54) is 36.5 Å². The topological polar surface area (TPSA) is 139 Å². The third-order valence-electron chi connectivity index (χ3n) is 5.89. The molecule has 14 heteroatoms. The Labute approximate surface area is 225 Å². The first kappa shape index (κ1) is 27.8. The number of anilines is 1. The molecule has 2 heterocycles. The maximum atomic E-state index is 13.3. The number of carbonyl (C=O) groups is 1. The minimum atomic E-state index is -4.66. The van der Waals surface area contributed by atoms with Crippen molar-refractivity contribution >= 4 is 33.1 Å². The van der Waals surface area contributed by atoms with E-state index in [0.717, 1.165) is 34.2 Å². The molecule has 1 aliphatic heterocycles. The molecular formula is C25H19F3N6O3S2. The number of halogens is 3. The van der Waals surface area contributed by atoms with Crippen LogP contribution in [-0.4, -0.2) is 19.4 Å². The van der Waals surface area contributed by atoms with Gasteiger partial charge < -0.3 is 5.32 Å². The summed E-state index contributed by atoms with van der Waals surface area (Å²) in [6, 6.07) is 9.53. The van der Waals surface area contributed by atoms with E-state index in [4.69, 9.17) is 0 Å². The Morgan fingerprint density at radius 3 is 2.51 bits per heavy atom. The van der Waals surface area contributed by atoms with Gasteiger partial charge in [-0.3, -0.25) is 4.90 Å². The summed E-state index contributed by atoms with van der Waals surface area (Å²) in [6.07, 6.45) is -4.66. The van der Waals surface area contributed by atoms with Crippen molar-refractivity contribution in [3.8, 4) is 12.1 Å². The van der Waals surface area contributed by atoms with Gasteiger partial charge in [0, 0.05) is 11.1 Å².